The second-order valence-corrected chi connectivity index (χ2v) is 7.16. The van der Waals surface area contributed by atoms with Gasteiger partial charge >= 0.3 is 0 Å². The van der Waals surface area contributed by atoms with Gasteiger partial charge in [0.1, 0.15) is 5.82 Å². The van der Waals surface area contributed by atoms with E-state index >= 15 is 0 Å². The zero-order chi connectivity index (χ0) is 17.5. The van der Waals surface area contributed by atoms with E-state index in [4.69, 9.17) is 0 Å². The van der Waals surface area contributed by atoms with Crippen LogP contribution < -0.4 is 5.56 Å². The first kappa shape index (κ1) is 15.8. The zero-order valence-corrected chi connectivity index (χ0v) is 13.2. The Morgan fingerprint density at radius 3 is 2.54 bits per heavy atom. The Labute approximate surface area is 135 Å². The van der Waals surface area contributed by atoms with Crippen molar-refractivity contribution in [3.8, 4) is 11.4 Å². The molecule has 3 aromatic rings. The fraction of sp³-hybridized carbons (Fsp3) is 0.0667. The summed E-state index contributed by atoms with van der Waals surface area (Å²) in [5.74, 6) is 0.00505. The molecule has 3 rings (SSSR count). The fourth-order valence-corrected chi connectivity index (χ4v) is 2.95. The number of fused-ring (bicyclic) bond motifs is 1. The van der Waals surface area contributed by atoms with E-state index in [9.17, 15) is 23.3 Å². The number of hydrogen-bond donors (Lipinski definition) is 1. The molecule has 0 unspecified atom stereocenters. The number of nitro groups is 1. The SMILES string of the molecule is CS(=O)(=O)c1ccc(-c2nc3ccccc3c(=O)[nH]2)c([N+](=O)[O-])c1. The number of H-pyrrole nitrogens is 1. The van der Waals surface area contributed by atoms with Crippen LogP contribution in [0, 0.1) is 10.1 Å². The number of benzene rings is 2. The molecule has 8 nitrogen and oxygen atoms in total. The van der Waals surface area contributed by atoms with Gasteiger partial charge in [0.2, 0.25) is 0 Å². The standard InChI is InChI=1S/C15H11N3O5S/c1-24(22,23)9-6-7-11(13(8-9)18(20)21)14-16-12-5-3-2-4-10(12)15(19)17-14/h2-8H,1H3,(H,16,17,19). The highest BCUT2D eigenvalue weighted by atomic mass is 32.2. The van der Waals surface area contributed by atoms with E-state index in [0.717, 1.165) is 12.3 Å². The van der Waals surface area contributed by atoms with E-state index in [1.54, 1.807) is 24.3 Å². The topological polar surface area (TPSA) is 123 Å². The van der Waals surface area contributed by atoms with Crippen molar-refractivity contribution < 1.29 is 13.3 Å². The summed E-state index contributed by atoms with van der Waals surface area (Å²) >= 11 is 0. The van der Waals surface area contributed by atoms with Gasteiger partial charge in [-0.1, -0.05) is 12.1 Å². The minimum Gasteiger partial charge on any atom is -0.306 e. The molecule has 0 radical (unpaired) electrons. The Kier molecular flexibility index (Phi) is 3.64. The Bertz CT molecular complexity index is 1140. The Hall–Kier alpha value is -3.07. The summed E-state index contributed by atoms with van der Waals surface area (Å²) in [7, 11) is -3.60. The summed E-state index contributed by atoms with van der Waals surface area (Å²) in [6.07, 6.45) is 0.960. The van der Waals surface area contributed by atoms with E-state index in [1.165, 1.54) is 12.1 Å². The van der Waals surface area contributed by atoms with Gasteiger partial charge in [-0.3, -0.25) is 14.9 Å². The normalized spacial score (nSPS) is 11.5. The average molecular weight is 345 g/mol. The molecule has 1 heterocycles. The maximum absolute atomic E-state index is 12.1. The maximum atomic E-state index is 12.1. The van der Waals surface area contributed by atoms with Gasteiger partial charge in [0.05, 0.1) is 26.3 Å². The molecule has 0 amide bonds. The summed E-state index contributed by atoms with van der Waals surface area (Å²) in [6, 6.07) is 10.0. The quantitative estimate of drug-likeness (QED) is 0.571. The van der Waals surface area contributed by atoms with Crippen molar-refractivity contribution in [2.24, 2.45) is 0 Å². The Morgan fingerprint density at radius 1 is 1.17 bits per heavy atom. The minimum absolute atomic E-state index is 0.00505. The van der Waals surface area contributed by atoms with Crippen LogP contribution in [0.4, 0.5) is 5.69 Å². The molecule has 9 heteroatoms. The third kappa shape index (κ3) is 2.76. The van der Waals surface area contributed by atoms with Gasteiger partial charge in [-0.15, -0.1) is 0 Å². The lowest BCUT2D eigenvalue weighted by Gasteiger charge is -2.06. The van der Waals surface area contributed by atoms with Crippen molar-refractivity contribution in [2.75, 3.05) is 6.26 Å². The third-order valence-electron chi connectivity index (χ3n) is 3.46. The van der Waals surface area contributed by atoms with Gasteiger partial charge in [0.25, 0.3) is 11.2 Å². The Morgan fingerprint density at radius 2 is 1.88 bits per heavy atom. The van der Waals surface area contributed by atoms with Gasteiger partial charge < -0.3 is 4.98 Å². The van der Waals surface area contributed by atoms with Crippen LogP contribution in [-0.4, -0.2) is 29.6 Å². The summed E-state index contributed by atoms with van der Waals surface area (Å²) in [5.41, 5.74) is -0.457. The predicted molar refractivity (Wildman–Crippen MR) is 87.6 cm³/mol. The lowest BCUT2D eigenvalue weighted by atomic mass is 10.1. The van der Waals surface area contributed by atoms with E-state index in [2.05, 4.69) is 9.97 Å². The first-order chi connectivity index (χ1) is 11.3. The smallest absolute Gasteiger partial charge is 0.281 e. The van der Waals surface area contributed by atoms with Gasteiger partial charge in [-0.2, -0.15) is 0 Å². The van der Waals surface area contributed by atoms with Crippen LogP contribution in [0.25, 0.3) is 22.3 Å². The molecule has 0 saturated heterocycles. The van der Waals surface area contributed by atoms with E-state index < -0.39 is 26.0 Å². The van der Waals surface area contributed by atoms with Crippen LogP contribution >= 0.6 is 0 Å². The molecule has 1 N–H and O–H groups in total. The first-order valence-corrected chi connectivity index (χ1v) is 8.64. The number of hydrogen-bond acceptors (Lipinski definition) is 6. The van der Waals surface area contributed by atoms with Crippen LogP contribution in [0.3, 0.4) is 0 Å². The van der Waals surface area contributed by atoms with Crippen molar-refractivity contribution >= 4 is 26.4 Å². The average Bonchev–Trinajstić information content (AvgIpc) is 2.53. The second kappa shape index (κ2) is 5.53. The summed E-state index contributed by atoms with van der Waals surface area (Å²) in [5, 5.41) is 11.7. The van der Waals surface area contributed by atoms with Crippen LogP contribution in [0.15, 0.2) is 52.2 Å². The van der Waals surface area contributed by atoms with E-state index in [-0.39, 0.29) is 16.3 Å². The number of aromatic amines is 1. The molecule has 2 aromatic carbocycles. The van der Waals surface area contributed by atoms with Crippen LogP contribution in [-0.2, 0) is 9.84 Å². The highest BCUT2D eigenvalue weighted by molar-refractivity contribution is 7.90. The number of para-hydroxylation sites is 1. The van der Waals surface area contributed by atoms with Crippen molar-refractivity contribution in [3.63, 3.8) is 0 Å². The van der Waals surface area contributed by atoms with Crippen molar-refractivity contribution in [1.29, 1.82) is 0 Å². The molecule has 0 fully saturated rings. The maximum Gasteiger partial charge on any atom is 0.281 e. The molecular weight excluding hydrogens is 334 g/mol. The van der Waals surface area contributed by atoms with Gasteiger partial charge in [-0.25, -0.2) is 13.4 Å². The third-order valence-corrected chi connectivity index (χ3v) is 4.57. The van der Waals surface area contributed by atoms with Crippen molar-refractivity contribution in [2.45, 2.75) is 4.90 Å². The van der Waals surface area contributed by atoms with Crippen LogP contribution in [0.1, 0.15) is 0 Å². The molecule has 0 aliphatic heterocycles. The number of nitrogens with zero attached hydrogens (tertiary/aromatic N) is 2. The molecular formula is C15H11N3O5S. The molecule has 0 spiro atoms. The molecule has 0 aliphatic rings. The van der Waals surface area contributed by atoms with E-state index in [1.807, 2.05) is 0 Å². The number of nitro benzene ring substituents is 1. The molecule has 0 atom stereocenters. The molecule has 24 heavy (non-hydrogen) atoms. The summed E-state index contributed by atoms with van der Waals surface area (Å²) in [6.45, 7) is 0. The monoisotopic (exact) mass is 345 g/mol. The highest BCUT2D eigenvalue weighted by Gasteiger charge is 2.21. The van der Waals surface area contributed by atoms with Gasteiger partial charge in [0, 0.05) is 12.3 Å². The van der Waals surface area contributed by atoms with Gasteiger partial charge in [-0.05, 0) is 24.3 Å². The zero-order valence-electron chi connectivity index (χ0n) is 12.4. The molecule has 1 aromatic heterocycles. The molecule has 0 saturated carbocycles. The van der Waals surface area contributed by atoms with Gasteiger partial charge in [0.15, 0.2) is 9.84 Å². The highest BCUT2D eigenvalue weighted by Crippen LogP contribution is 2.30. The minimum atomic E-state index is -3.60. The molecule has 122 valence electrons. The summed E-state index contributed by atoms with van der Waals surface area (Å²) < 4.78 is 23.2. The van der Waals surface area contributed by atoms with Crippen LogP contribution in [0.5, 0.6) is 0 Å². The fourth-order valence-electron chi connectivity index (χ4n) is 2.31. The largest absolute Gasteiger partial charge is 0.306 e. The lowest BCUT2D eigenvalue weighted by Crippen LogP contribution is -2.10. The van der Waals surface area contributed by atoms with Crippen molar-refractivity contribution in [1.82, 2.24) is 9.97 Å². The predicted octanol–water partition coefficient (Wildman–Crippen LogP) is 1.90. The lowest BCUT2D eigenvalue weighted by molar-refractivity contribution is -0.384. The number of nitrogens with one attached hydrogen (secondary N) is 1. The second-order valence-electron chi connectivity index (χ2n) is 5.14. The summed E-state index contributed by atoms with van der Waals surface area (Å²) in [4.78, 5) is 29.3. The van der Waals surface area contributed by atoms with Crippen LogP contribution in [0.2, 0.25) is 0 Å². The number of aromatic nitrogens is 2. The Balaban J connectivity index is 2.30. The van der Waals surface area contributed by atoms with E-state index in [0.29, 0.717) is 10.9 Å². The first-order valence-electron chi connectivity index (χ1n) is 6.75. The molecule has 0 bridgehead atoms. The number of rotatable bonds is 3. The number of sulfone groups is 1. The van der Waals surface area contributed by atoms with Crippen molar-refractivity contribution in [3.05, 3.63) is 62.9 Å². The molecule has 0 aliphatic carbocycles.